The van der Waals surface area contributed by atoms with Crippen LogP contribution in [0.5, 0.6) is 0 Å². The normalized spacial score (nSPS) is 22.0. The molecule has 1 aromatic carbocycles. The summed E-state index contributed by atoms with van der Waals surface area (Å²) >= 11 is 13.8. The van der Waals surface area contributed by atoms with Gasteiger partial charge in [0.15, 0.2) is 5.17 Å². The molecule has 19 heavy (non-hydrogen) atoms. The van der Waals surface area contributed by atoms with Gasteiger partial charge >= 0.3 is 0 Å². The Labute approximate surface area is 128 Å². The van der Waals surface area contributed by atoms with Crippen molar-refractivity contribution in [1.82, 2.24) is 4.90 Å². The first-order valence-electron chi connectivity index (χ1n) is 6.64. The minimum atomic E-state index is 0.567. The Hall–Kier alpha value is -0.380. The van der Waals surface area contributed by atoms with Crippen LogP contribution < -0.4 is 0 Å². The van der Waals surface area contributed by atoms with Gasteiger partial charge in [0.05, 0.1) is 15.7 Å². The highest BCUT2D eigenvalue weighted by Gasteiger charge is 2.26. The molecule has 5 heteroatoms. The summed E-state index contributed by atoms with van der Waals surface area (Å²) in [5, 5.41) is 2.28. The van der Waals surface area contributed by atoms with Crippen molar-refractivity contribution in [1.29, 1.82) is 0 Å². The third-order valence-electron chi connectivity index (χ3n) is 3.69. The standard InChI is InChI=1S/C14H16Cl2N2S/c15-12-5-4-11(8-13(12)16)17-14-18(6-7-19-14)9-10-2-1-3-10/h4-5,8,10H,1-3,6-7,9H2/b17-14-. The van der Waals surface area contributed by atoms with Crippen molar-refractivity contribution in [3.05, 3.63) is 28.2 Å². The molecule has 2 aliphatic rings. The summed E-state index contributed by atoms with van der Waals surface area (Å²) in [6.07, 6.45) is 4.15. The van der Waals surface area contributed by atoms with Gasteiger partial charge in [-0.1, -0.05) is 41.4 Å². The molecule has 0 unspecified atom stereocenters. The zero-order valence-electron chi connectivity index (χ0n) is 10.6. The van der Waals surface area contributed by atoms with Crippen molar-refractivity contribution in [3.63, 3.8) is 0 Å². The van der Waals surface area contributed by atoms with Gasteiger partial charge in [-0.25, -0.2) is 4.99 Å². The van der Waals surface area contributed by atoms with E-state index in [2.05, 4.69) is 4.90 Å². The molecule has 102 valence electrons. The highest BCUT2D eigenvalue weighted by molar-refractivity contribution is 8.14. The van der Waals surface area contributed by atoms with Gasteiger partial charge in [-0.3, -0.25) is 0 Å². The van der Waals surface area contributed by atoms with Crippen molar-refractivity contribution in [3.8, 4) is 0 Å². The maximum Gasteiger partial charge on any atom is 0.164 e. The number of aliphatic imine (C=N–C) groups is 1. The summed E-state index contributed by atoms with van der Waals surface area (Å²) in [5.41, 5.74) is 0.886. The molecule has 0 radical (unpaired) electrons. The Morgan fingerprint density at radius 2 is 2.11 bits per heavy atom. The SMILES string of the molecule is Clc1ccc(/N=C2\SCCN2CC2CCC2)cc1Cl. The van der Waals surface area contributed by atoms with E-state index in [1.54, 1.807) is 6.07 Å². The number of hydrogen-bond donors (Lipinski definition) is 0. The second-order valence-corrected chi connectivity index (χ2v) is 6.96. The average molecular weight is 315 g/mol. The predicted molar refractivity (Wildman–Crippen MR) is 84.9 cm³/mol. The van der Waals surface area contributed by atoms with Gasteiger partial charge in [0.2, 0.25) is 0 Å². The van der Waals surface area contributed by atoms with Crippen LogP contribution in [-0.2, 0) is 0 Å². The first-order valence-corrected chi connectivity index (χ1v) is 8.38. The molecule has 0 N–H and O–H groups in total. The quantitative estimate of drug-likeness (QED) is 0.794. The molecule has 1 aliphatic carbocycles. The maximum atomic E-state index is 6.03. The highest BCUT2D eigenvalue weighted by Crippen LogP contribution is 2.32. The molecule has 0 aromatic heterocycles. The molecule has 1 saturated carbocycles. The van der Waals surface area contributed by atoms with Gasteiger partial charge < -0.3 is 4.90 Å². The third-order valence-corrected chi connectivity index (χ3v) is 5.43. The predicted octanol–water partition coefficient (Wildman–Crippen LogP) is 4.83. The zero-order valence-corrected chi connectivity index (χ0v) is 12.9. The third kappa shape index (κ3) is 3.21. The molecule has 0 bridgehead atoms. The fourth-order valence-corrected chi connectivity index (χ4v) is 3.66. The second-order valence-electron chi connectivity index (χ2n) is 5.08. The largest absolute Gasteiger partial charge is 0.350 e. The molecular formula is C14H16Cl2N2S. The summed E-state index contributed by atoms with van der Waals surface area (Å²) < 4.78 is 0. The van der Waals surface area contributed by atoms with E-state index >= 15 is 0 Å². The van der Waals surface area contributed by atoms with Crippen LogP contribution in [-0.4, -0.2) is 28.9 Å². The number of benzene rings is 1. The molecule has 3 rings (SSSR count). The Bertz CT molecular complexity index is 500. The van der Waals surface area contributed by atoms with Gasteiger partial charge in [-0.05, 0) is 37.0 Å². The lowest BCUT2D eigenvalue weighted by molar-refractivity contribution is 0.250. The van der Waals surface area contributed by atoms with Crippen molar-refractivity contribution < 1.29 is 0 Å². The zero-order chi connectivity index (χ0) is 13.2. The van der Waals surface area contributed by atoms with E-state index in [1.807, 2.05) is 23.9 Å². The van der Waals surface area contributed by atoms with Crippen LogP contribution in [0.2, 0.25) is 10.0 Å². The van der Waals surface area contributed by atoms with Crippen LogP contribution in [0.15, 0.2) is 23.2 Å². The number of nitrogens with zero attached hydrogens (tertiary/aromatic N) is 2. The second kappa shape index (κ2) is 5.94. The fourth-order valence-electron chi connectivity index (χ4n) is 2.36. The molecule has 1 heterocycles. The number of thioether (sulfide) groups is 1. The Morgan fingerprint density at radius 1 is 1.26 bits per heavy atom. The smallest absolute Gasteiger partial charge is 0.164 e. The van der Waals surface area contributed by atoms with Crippen LogP contribution in [0.4, 0.5) is 5.69 Å². The first-order chi connectivity index (χ1) is 9.22. The Morgan fingerprint density at radius 3 is 2.79 bits per heavy atom. The molecule has 2 nitrogen and oxygen atoms in total. The number of amidine groups is 1. The highest BCUT2D eigenvalue weighted by atomic mass is 35.5. The van der Waals surface area contributed by atoms with Crippen LogP contribution >= 0.6 is 35.0 Å². The van der Waals surface area contributed by atoms with E-state index in [9.17, 15) is 0 Å². The van der Waals surface area contributed by atoms with E-state index in [4.69, 9.17) is 28.2 Å². The average Bonchev–Trinajstić information content (AvgIpc) is 2.76. The summed E-state index contributed by atoms with van der Waals surface area (Å²) in [4.78, 5) is 7.13. The van der Waals surface area contributed by atoms with Crippen LogP contribution in [0.3, 0.4) is 0 Å². The van der Waals surface area contributed by atoms with Gasteiger partial charge in [-0.15, -0.1) is 0 Å². The van der Waals surface area contributed by atoms with Crippen molar-refractivity contribution in [2.45, 2.75) is 19.3 Å². The molecule has 1 saturated heterocycles. The lowest BCUT2D eigenvalue weighted by atomic mass is 9.85. The molecule has 1 aromatic rings. The van der Waals surface area contributed by atoms with Gasteiger partial charge in [0.1, 0.15) is 0 Å². The van der Waals surface area contributed by atoms with E-state index in [0.717, 1.165) is 35.6 Å². The molecule has 0 spiro atoms. The lowest BCUT2D eigenvalue weighted by Crippen LogP contribution is -2.33. The van der Waals surface area contributed by atoms with E-state index in [-0.39, 0.29) is 0 Å². The Balaban J connectivity index is 1.74. The minimum absolute atomic E-state index is 0.567. The summed E-state index contributed by atoms with van der Waals surface area (Å²) in [6, 6.07) is 5.55. The van der Waals surface area contributed by atoms with Gasteiger partial charge in [-0.2, -0.15) is 0 Å². The van der Waals surface area contributed by atoms with E-state index in [0.29, 0.717) is 10.0 Å². The molecule has 0 amide bonds. The Kier molecular flexibility index (Phi) is 4.25. The summed E-state index contributed by atoms with van der Waals surface area (Å²) in [7, 11) is 0. The van der Waals surface area contributed by atoms with Crippen molar-refractivity contribution in [2.75, 3.05) is 18.8 Å². The fraction of sp³-hybridized carbons (Fsp3) is 0.500. The van der Waals surface area contributed by atoms with E-state index < -0.39 is 0 Å². The number of hydrogen-bond acceptors (Lipinski definition) is 2. The van der Waals surface area contributed by atoms with Crippen LogP contribution in [0, 0.1) is 5.92 Å². The van der Waals surface area contributed by atoms with E-state index in [1.165, 1.54) is 19.3 Å². The number of halogens is 2. The molecule has 1 aliphatic heterocycles. The van der Waals surface area contributed by atoms with Crippen LogP contribution in [0.1, 0.15) is 19.3 Å². The lowest BCUT2D eigenvalue weighted by Gasteiger charge is -2.30. The summed E-state index contributed by atoms with van der Waals surface area (Å²) in [6.45, 7) is 2.27. The molecular weight excluding hydrogens is 299 g/mol. The number of rotatable bonds is 3. The topological polar surface area (TPSA) is 15.6 Å². The van der Waals surface area contributed by atoms with Gasteiger partial charge in [0.25, 0.3) is 0 Å². The first kappa shape index (κ1) is 13.6. The van der Waals surface area contributed by atoms with Crippen LogP contribution in [0.25, 0.3) is 0 Å². The van der Waals surface area contributed by atoms with Crippen molar-refractivity contribution >= 4 is 45.8 Å². The monoisotopic (exact) mass is 314 g/mol. The molecule has 2 fully saturated rings. The maximum absolute atomic E-state index is 6.03. The van der Waals surface area contributed by atoms with Gasteiger partial charge in [0, 0.05) is 18.8 Å². The van der Waals surface area contributed by atoms with Crippen molar-refractivity contribution in [2.24, 2.45) is 10.9 Å². The minimum Gasteiger partial charge on any atom is -0.350 e. The molecule has 0 atom stereocenters. The summed E-state index contributed by atoms with van der Waals surface area (Å²) in [5.74, 6) is 2.00.